The van der Waals surface area contributed by atoms with Crippen molar-refractivity contribution in [2.24, 2.45) is 0 Å². The van der Waals surface area contributed by atoms with Gasteiger partial charge in [0.15, 0.2) is 11.0 Å². The first kappa shape index (κ1) is 21.0. The van der Waals surface area contributed by atoms with Crippen molar-refractivity contribution in [3.8, 4) is 17.1 Å². The van der Waals surface area contributed by atoms with Crippen LogP contribution in [0.5, 0.6) is 5.75 Å². The first-order valence-corrected chi connectivity index (χ1v) is 10.5. The number of benzene rings is 1. The van der Waals surface area contributed by atoms with Gasteiger partial charge in [-0.2, -0.15) is 0 Å². The Labute approximate surface area is 174 Å². The highest BCUT2D eigenvalue weighted by Gasteiger charge is 2.22. The van der Waals surface area contributed by atoms with Crippen LogP contribution in [0.15, 0.2) is 52.2 Å². The van der Waals surface area contributed by atoms with E-state index in [4.69, 9.17) is 9.15 Å². The molecule has 0 fully saturated rings. The summed E-state index contributed by atoms with van der Waals surface area (Å²) in [7, 11) is 1.63. The number of furan rings is 1. The molecule has 2 heterocycles. The van der Waals surface area contributed by atoms with E-state index in [0.717, 1.165) is 23.5 Å². The topological polar surface area (TPSA) is 82.2 Å². The zero-order valence-corrected chi connectivity index (χ0v) is 17.9. The monoisotopic (exact) mass is 414 g/mol. The molecule has 0 saturated carbocycles. The van der Waals surface area contributed by atoms with Crippen LogP contribution < -0.4 is 10.1 Å². The van der Waals surface area contributed by atoms with Gasteiger partial charge < -0.3 is 14.5 Å². The summed E-state index contributed by atoms with van der Waals surface area (Å²) in [4.78, 5) is 12.5. The molecule has 0 radical (unpaired) electrons. The van der Waals surface area contributed by atoms with Crippen molar-refractivity contribution in [1.82, 2.24) is 20.1 Å². The summed E-state index contributed by atoms with van der Waals surface area (Å²) in [6.45, 7) is 6.39. The van der Waals surface area contributed by atoms with Crippen molar-refractivity contribution in [2.75, 3.05) is 7.11 Å². The number of carbonyl (C=O) groups excluding carboxylic acids is 1. The first-order valence-electron chi connectivity index (χ1n) is 9.58. The van der Waals surface area contributed by atoms with Crippen LogP contribution in [0.4, 0.5) is 0 Å². The Hall–Kier alpha value is -2.74. The second-order valence-corrected chi connectivity index (χ2v) is 8.09. The van der Waals surface area contributed by atoms with Crippen molar-refractivity contribution in [3.63, 3.8) is 0 Å². The number of ether oxygens (including phenoxy) is 1. The Kier molecular flexibility index (Phi) is 6.98. The highest BCUT2D eigenvalue weighted by atomic mass is 32.2. The standard InChI is InChI=1S/C21H26N4O3S/c1-5-14(2)22-20(26)15(3)29-21-24-23-19(16-8-10-17(27-4)11-9-16)25(21)13-18-7-6-12-28-18/h6-12,14-15H,5,13H2,1-4H3,(H,22,26). The Morgan fingerprint density at radius 3 is 2.62 bits per heavy atom. The van der Waals surface area contributed by atoms with Crippen molar-refractivity contribution in [3.05, 3.63) is 48.4 Å². The number of nitrogens with one attached hydrogen (secondary N) is 1. The molecule has 3 rings (SSSR count). The first-order chi connectivity index (χ1) is 14.0. The third-order valence-corrected chi connectivity index (χ3v) is 5.69. The number of methoxy groups -OCH3 is 1. The van der Waals surface area contributed by atoms with Gasteiger partial charge in [0.05, 0.1) is 25.2 Å². The third kappa shape index (κ3) is 5.20. The van der Waals surface area contributed by atoms with E-state index >= 15 is 0 Å². The fourth-order valence-electron chi connectivity index (χ4n) is 2.70. The summed E-state index contributed by atoms with van der Waals surface area (Å²) >= 11 is 1.39. The summed E-state index contributed by atoms with van der Waals surface area (Å²) in [6, 6.07) is 11.5. The van der Waals surface area contributed by atoms with E-state index in [2.05, 4.69) is 15.5 Å². The lowest BCUT2D eigenvalue weighted by Gasteiger charge is -2.16. The number of hydrogen-bond donors (Lipinski definition) is 1. The van der Waals surface area contributed by atoms with E-state index in [1.54, 1.807) is 13.4 Å². The lowest BCUT2D eigenvalue weighted by Crippen LogP contribution is -2.37. The molecular weight excluding hydrogens is 388 g/mol. The number of nitrogens with zero attached hydrogens (tertiary/aromatic N) is 3. The fraction of sp³-hybridized carbons (Fsp3) is 0.381. The lowest BCUT2D eigenvalue weighted by molar-refractivity contribution is -0.120. The Balaban J connectivity index is 1.88. The molecule has 0 bridgehead atoms. The third-order valence-electron chi connectivity index (χ3n) is 4.61. The molecule has 154 valence electrons. The number of amides is 1. The van der Waals surface area contributed by atoms with E-state index in [1.165, 1.54) is 11.8 Å². The second kappa shape index (κ2) is 9.65. The summed E-state index contributed by atoms with van der Waals surface area (Å²) in [5.41, 5.74) is 0.911. The van der Waals surface area contributed by atoms with Gasteiger partial charge >= 0.3 is 0 Å². The molecule has 0 saturated heterocycles. The SMILES string of the molecule is CCC(C)NC(=O)C(C)Sc1nnc(-c2ccc(OC)cc2)n1Cc1ccco1. The predicted molar refractivity (Wildman–Crippen MR) is 113 cm³/mol. The normalized spacial score (nSPS) is 13.1. The zero-order chi connectivity index (χ0) is 20.8. The molecule has 1 amide bonds. The number of rotatable bonds is 9. The Bertz CT molecular complexity index is 922. The largest absolute Gasteiger partial charge is 0.497 e. The van der Waals surface area contributed by atoms with Crippen LogP contribution in [0.1, 0.15) is 33.0 Å². The molecule has 2 atom stereocenters. The van der Waals surface area contributed by atoms with Gasteiger partial charge in [0, 0.05) is 11.6 Å². The minimum atomic E-state index is -0.299. The van der Waals surface area contributed by atoms with Crippen molar-refractivity contribution in [2.45, 2.75) is 50.2 Å². The average molecular weight is 415 g/mol. The molecule has 2 unspecified atom stereocenters. The molecule has 0 aliphatic rings. The minimum absolute atomic E-state index is 0.0112. The maximum atomic E-state index is 12.5. The summed E-state index contributed by atoms with van der Waals surface area (Å²) < 4.78 is 12.7. The van der Waals surface area contributed by atoms with Gasteiger partial charge in [0.2, 0.25) is 5.91 Å². The smallest absolute Gasteiger partial charge is 0.233 e. The molecule has 29 heavy (non-hydrogen) atoms. The zero-order valence-electron chi connectivity index (χ0n) is 17.1. The van der Waals surface area contributed by atoms with Crippen LogP contribution in [0.3, 0.4) is 0 Å². The fourth-order valence-corrected chi connectivity index (χ4v) is 3.56. The van der Waals surface area contributed by atoms with Crippen LogP contribution in [-0.2, 0) is 11.3 Å². The quantitative estimate of drug-likeness (QED) is 0.533. The van der Waals surface area contributed by atoms with E-state index in [1.807, 2.05) is 61.7 Å². The molecule has 1 N–H and O–H groups in total. The number of thioether (sulfide) groups is 1. The maximum Gasteiger partial charge on any atom is 0.233 e. The minimum Gasteiger partial charge on any atom is -0.497 e. The molecule has 0 aliphatic carbocycles. The number of aromatic nitrogens is 3. The van der Waals surface area contributed by atoms with Gasteiger partial charge in [0.1, 0.15) is 11.5 Å². The Morgan fingerprint density at radius 1 is 1.24 bits per heavy atom. The van der Waals surface area contributed by atoms with Crippen molar-refractivity contribution < 1.29 is 13.9 Å². The predicted octanol–water partition coefficient (Wildman–Crippen LogP) is 3.99. The van der Waals surface area contributed by atoms with Crippen molar-refractivity contribution >= 4 is 17.7 Å². The van der Waals surface area contributed by atoms with Gasteiger partial charge in [0.25, 0.3) is 0 Å². The summed E-state index contributed by atoms with van der Waals surface area (Å²) in [5, 5.41) is 12.1. The number of carbonyl (C=O) groups is 1. The number of hydrogen-bond acceptors (Lipinski definition) is 6. The van der Waals surface area contributed by atoms with Crippen LogP contribution in [-0.4, -0.2) is 39.1 Å². The summed E-state index contributed by atoms with van der Waals surface area (Å²) in [6.07, 6.45) is 2.53. The molecular formula is C21H26N4O3S. The highest BCUT2D eigenvalue weighted by Crippen LogP contribution is 2.29. The van der Waals surface area contributed by atoms with Crippen LogP contribution in [0.2, 0.25) is 0 Å². The van der Waals surface area contributed by atoms with Gasteiger partial charge in [-0.1, -0.05) is 18.7 Å². The van der Waals surface area contributed by atoms with Crippen LogP contribution in [0, 0.1) is 0 Å². The molecule has 7 nitrogen and oxygen atoms in total. The summed E-state index contributed by atoms with van der Waals surface area (Å²) in [5.74, 6) is 2.26. The van der Waals surface area contributed by atoms with Gasteiger partial charge in [-0.3, -0.25) is 9.36 Å². The Morgan fingerprint density at radius 2 is 2.00 bits per heavy atom. The highest BCUT2D eigenvalue weighted by molar-refractivity contribution is 8.00. The lowest BCUT2D eigenvalue weighted by atomic mass is 10.2. The van der Waals surface area contributed by atoms with E-state index < -0.39 is 0 Å². The van der Waals surface area contributed by atoms with E-state index in [-0.39, 0.29) is 17.2 Å². The van der Waals surface area contributed by atoms with Gasteiger partial charge in [-0.15, -0.1) is 10.2 Å². The molecule has 1 aromatic carbocycles. The maximum absolute atomic E-state index is 12.5. The molecule has 2 aromatic heterocycles. The van der Waals surface area contributed by atoms with Crippen LogP contribution >= 0.6 is 11.8 Å². The van der Waals surface area contributed by atoms with E-state index in [9.17, 15) is 4.79 Å². The molecule has 0 spiro atoms. The molecule has 0 aliphatic heterocycles. The van der Waals surface area contributed by atoms with Gasteiger partial charge in [-0.25, -0.2) is 0 Å². The van der Waals surface area contributed by atoms with Gasteiger partial charge in [-0.05, 0) is 56.7 Å². The second-order valence-electron chi connectivity index (χ2n) is 6.78. The molecule has 3 aromatic rings. The van der Waals surface area contributed by atoms with Crippen molar-refractivity contribution in [1.29, 1.82) is 0 Å². The van der Waals surface area contributed by atoms with E-state index in [0.29, 0.717) is 17.5 Å². The molecule has 8 heteroatoms. The van der Waals surface area contributed by atoms with Crippen LogP contribution in [0.25, 0.3) is 11.4 Å². The average Bonchev–Trinajstić information content (AvgIpc) is 3.38.